The van der Waals surface area contributed by atoms with Gasteiger partial charge in [-0.15, -0.1) is 11.3 Å². The van der Waals surface area contributed by atoms with E-state index < -0.39 is 5.97 Å². The molecule has 0 aromatic carbocycles. The lowest BCUT2D eigenvalue weighted by Crippen LogP contribution is -1.97. The average molecular weight is 222 g/mol. The molecule has 0 spiro atoms. The van der Waals surface area contributed by atoms with Gasteiger partial charge in [0, 0.05) is 11.1 Å². The number of pyridine rings is 1. The number of carbonyl (C=O) groups is 1. The van der Waals surface area contributed by atoms with Crippen molar-refractivity contribution in [1.82, 2.24) is 4.98 Å². The first kappa shape index (κ1) is 9.92. The van der Waals surface area contributed by atoms with E-state index in [0.717, 1.165) is 21.5 Å². The van der Waals surface area contributed by atoms with Crippen LogP contribution in [0.2, 0.25) is 0 Å². The molecule has 15 heavy (non-hydrogen) atoms. The summed E-state index contributed by atoms with van der Waals surface area (Å²) in [5.41, 5.74) is 7.80. The molecule has 0 aliphatic heterocycles. The maximum Gasteiger partial charge on any atom is 0.348 e. The van der Waals surface area contributed by atoms with Crippen LogP contribution in [-0.4, -0.2) is 16.1 Å². The van der Waals surface area contributed by atoms with Crippen molar-refractivity contribution in [2.45, 2.75) is 13.8 Å². The van der Waals surface area contributed by atoms with E-state index in [4.69, 9.17) is 10.8 Å². The molecule has 0 aliphatic rings. The van der Waals surface area contributed by atoms with Gasteiger partial charge in [-0.2, -0.15) is 0 Å². The third kappa shape index (κ3) is 1.45. The highest BCUT2D eigenvalue weighted by Gasteiger charge is 2.17. The van der Waals surface area contributed by atoms with Gasteiger partial charge >= 0.3 is 5.97 Å². The van der Waals surface area contributed by atoms with E-state index in [1.165, 1.54) is 11.3 Å². The first-order valence-corrected chi connectivity index (χ1v) is 5.22. The van der Waals surface area contributed by atoms with Crippen LogP contribution >= 0.6 is 11.3 Å². The quantitative estimate of drug-likeness (QED) is 0.775. The van der Waals surface area contributed by atoms with Crippen molar-refractivity contribution < 1.29 is 9.90 Å². The highest BCUT2D eigenvalue weighted by atomic mass is 32.1. The van der Waals surface area contributed by atoms with Crippen LogP contribution in [0.3, 0.4) is 0 Å². The van der Waals surface area contributed by atoms with E-state index in [9.17, 15) is 4.79 Å². The van der Waals surface area contributed by atoms with Gasteiger partial charge in [-0.3, -0.25) is 4.98 Å². The molecule has 2 aromatic heterocycles. The number of anilines is 1. The molecule has 78 valence electrons. The molecule has 3 N–H and O–H groups in total. The molecule has 5 heteroatoms. The van der Waals surface area contributed by atoms with Gasteiger partial charge in [0.2, 0.25) is 0 Å². The summed E-state index contributed by atoms with van der Waals surface area (Å²) in [4.78, 5) is 15.4. The summed E-state index contributed by atoms with van der Waals surface area (Å²) < 4.78 is 0.857. The lowest BCUT2D eigenvalue weighted by atomic mass is 10.2. The number of hydrogen-bond acceptors (Lipinski definition) is 4. The normalized spacial score (nSPS) is 10.8. The van der Waals surface area contributed by atoms with Gasteiger partial charge in [-0.1, -0.05) is 0 Å². The first-order valence-electron chi connectivity index (χ1n) is 4.40. The van der Waals surface area contributed by atoms with Crippen molar-refractivity contribution in [3.05, 3.63) is 22.3 Å². The summed E-state index contributed by atoms with van der Waals surface area (Å²) in [6.07, 6.45) is 0. The number of rotatable bonds is 1. The van der Waals surface area contributed by atoms with Crippen LogP contribution in [0.25, 0.3) is 10.1 Å². The summed E-state index contributed by atoms with van der Waals surface area (Å²) in [7, 11) is 0. The second kappa shape index (κ2) is 3.20. The number of carboxylic acid groups (broad SMARTS) is 1. The second-order valence-corrected chi connectivity index (χ2v) is 4.40. The van der Waals surface area contributed by atoms with Gasteiger partial charge in [0.15, 0.2) is 0 Å². The van der Waals surface area contributed by atoms with Gasteiger partial charge in [0.25, 0.3) is 0 Å². The Bertz CT molecular complexity index is 560. The van der Waals surface area contributed by atoms with Crippen LogP contribution in [0.5, 0.6) is 0 Å². The minimum atomic E-state index is -0.981. The Labute approximate surface area is 90.4 Å². The third-order valence-electron chi connectivity index (χ3n) is 2.20. The molecule has 0 fully saturated rings. The number of nitrogens with two attached hydrogens (primary N) is 1. The molecular formula is C10H10N2O2S. The largest absolute Gasteiger partial charge is 0.477 e. The Kier molecular flexibility index (Phi) is 2.12. The number of aryl methyl sites for hydroxylation is 2. The SMILES string of the molecule is Cc1cc2c(N)c(C(=O)O)sc2c(C)n1. The number of fused-ring (bicyclic) bond motifs is 1. The van der Waals surface area contributed by atoms with E-state index in [1.54, 1.807) is 0 Å². The van der Waals surface area contributed by atoms with Crippen molar-refractivity contribution >= 4 is 33.1 Å². The van der Waals surface area contributed by atoms with Gasteiger partial charge < -0.3 is 10.8 Å². The zero-order valence-corrected chi connectivity index (χ0v) is 9.18. The fourth-order valence-electron chi connectivity index (χ4n) is 1.58. The third-order valence-corrected chi connectivity index (χ3v) is 3.52. The maximum absolute atomic E-state index is 10.9. The summed E-state index contributed by atoms with van der Waals surface area (Å²) in [5.74, 6) is -0.981. The lowest BCUT2D eigenvalue weighted by Gasteiger charge is -1.98. The molecule has 2 aromatic rings. The molecule has 0 amide bonds. The van der Waals surface area contributed by atoms with E-state index >= 15 is 0 Å². The topological polar surface area (TPSA) is 76.2 Å². The summed E-state index contributed by atoms with van der Waals surface area (Å²) >= 11 is 1.18. The minimum absolute atomic E-state index is 0.195. The highest BCUT2D eigenvalue weighted by molar-refractivity contribution is 7.21. The molecule has 0 aliphatic carbocycles. The minimum Gasteiger partial charge on any atom is -0.477 e. The number of hydrogen-bond donors (Lipinski definition) is 2. The predicted octanol–water partition coefficient (Wildman–Crippen LogP) is 2.19. The number of aromatic carboxylic acids is 1. The number of nitrogen functional groups attached to an aromatic ring is 1. The molecular weight excluding hydrogens is 212 g/mol. The van der Waals surface area contributed by atoms with E-state index in [-0.39, 0.29) is 4.88 Å². The van der Waals surface area contributed by atoms with E-state index in [1.807, 2.05) is 19.9 Å². The number of carboxylic acids is 1. The van der Waals surface area contributed by atoms with Gasteiger partial charge in [0.1, 0.15) is 4.88 Å². The molecule has 2 heterocycles. The van der Waals surface area contributed by atoms with Crippen molar-refractivity contribution in [3.8, 4) is 0 Å². The Balaban J connectivity index is 2.88. The Hall–Kier alpha value is -1.62. The van der Waals surface area contributed by atoms with E-state index in [0.29, 0.717) is 5.69 Å². The zero-order valence-electron chi connectivity index (χ0n) is 8.37. The monoisotopic (exact) mass is 222 g/mol. The molecule has 2 rings (SSSR count). The van der Waals surface area contributed by atoms with Crippen LogP contribution in [0.15, 0.2) is 6.07 Å². The Morgan fingerprint density at radius 1 is 1.53 bits per heavy atom. The smallest absolute Gasteiger partial charge is 0.348 e. The van der Waals surface area contributed by atoms with Crippen LogP contribution in [-0.2, 0) is 0 Å². The maximum atomic E-state index is 10.9. The molecule has 0 atom stereocenters. The number of nitrogens with zero attached hydrogens (tertiary/aromatic N) is 1. The van der Waals surface area contributed by atoms with Crippen LogP contribution in [0.1, 0.15) is 21.1 Å². The Morgan fingerprint density at radius 2 is 2.20 bits per heavy atom. The van der Waals surface area contributed by atoms with Crippen molar-refractivity contribution in [2.75, 3.05) is 5.73 Å². The summed E-state index contributed by atoms with van der Waals surface area (Å²) in [5, 5.41) is 9.73. The molecule has 0 bridgehead atoms. The zero-order chi connectivity index (χ0) is 11.2. The van der Waals surface area contributed by atoms with Crippen molar-refractivity contribution in [3.63, 3.8) is 0 Å². The van der Waals surface area contributed by atoms with Crippen LogP contribution in [0.4, 0.5) is 5.69 Å². The van der Waals surface area contributed by atoms with E-state index in [2.05, 4.69) is 4.98 Å². The summed E-state index contributed by atoms with van der Waals surface area (Å²) in [6.45, 7) is 3.72. The van der Waals surface area contributed by atoms with Gasteiger partial charge in [-0.25, -0.2) is 4.79 Å². The highest BCUT2D eigenvalue weighted by Crippen LogP contribution is 2.35. The molecule has 0 saturated carbocycles. The summed E-state index contributed by atoms with van der Waals surface area (Å²) in [6, 6.07) is 1.82. The van der Waals surface area contributed by atoms with Crippen molar-refractivity contribution in [1.29, 1.82) is 0 Å². The average Bonchev–Trinajstić information content (AvgIpc) is 2.44. The molecule has 4 nitrogen and oxygen atoms in total. The first-order chi connectivity index (χ1) is 7.00. The molecule has 0 unspecified atom stereocenters. The van der Waals surface area contributed by atoms with Crippen LogP contribution < -0.4 is 5.73 Å². The molecule has 0 radical (unpaired) electrons. The number of thiophene rings is 1. The van der Waals surface area contributed by atoms with Gasteiger partial charge in [0.05, 0.1) is 16.1 Å². The fraction of sp³-hybridized carbons (Fsp3) is 0.200. The molecule has 0 saturated heterocycles. The predicted molar refractivity (Wildman–Crippen MR) is 60.5 cm³/mol. The second-order valence-electron chi connectivity index (χ2n) is 3.38. The van der Waals surface area contributed by atoms with Crippen molar-refractivity contribution in [2.24, 2.45) is 0 Å². The van der Waals surface area contributed by atoms with Crippen LogP contribution in [0, 0.1) is 13.8 Å². The fourth-order valence-corrected chi connectivity index (χ4v) is 2.57. The lowest BCUT2D eigenvalue weighted by molar-refractivity contribution is 0.0703. The standard InChI is InChI=1S/C10H10N2O2S/c1-4-3-6-7(11)9(10(13)14)15-8(6)5(2)12-4/h3H,11H2,1-2H3,(H,13,14). The van der Waals surface area contributed by atoms with Gasteiger partial charge in [-0.05, 0) is 19.9 Å². The Morgan fingerprint density at radius 3 is 2.80 bits per heavy atom. The number of aromatic nitrogens is 1.